The number of hydrogen-bond donors (Lipinski definition) is 1. The van der Waals surface area contributed by atoms with Gasteiger partial charge in [0.15, 0.2) is 0 Å². The van der Waals surface area contributed by atoms with Gasteiger partial charge >= 0.3 is 12.2 Å². The van der Waals surface area contributed by atoms with Gasteiger partial charge < -0.3 is 5.32 Å². The van der Waals surface area contributed by atoms with Gasteiger partial charge in [-0.3, -0.25) is 0 Å². The highest BCUT2D eigenvalue weighted by atomic mass is 35.5. The first-order chi connectivity index (χ1) is 15.6. The van der Waals surface area contributed by atoms with E-state index in [9.17, 15) is 18.0 Å². The Morgan fingerprint density at radius 1 is 0.970 bits per heavy atom. The van der Waals surface area contributed by atoms with Crippen molar-refractivity contribution in [2.45, 2.75) is 25.1 Å². The van der Waals surface area contributed by atoms with Gasteiger partial charge in [0.2, 0.25) is 0 Å². The second-order valence-corrected chi connectivity index (χ2v) is 8.49. The van der Waals surface area contributed by atoms with E-state index in [-0.39, 0.29) is 0 Å². The third-order valence-electron chi connectivity index (χ3n) is 5.40. The van der Waals surface area contributed by atoms with Crippen molar-refractivity contribution in [2.75, 3.05) is 5.32 Å². The van der Waals surface area contributed by atoms with Crippen LogP contribution < -0.4 is 5.32 Å². The molecule has 4 rings (SSSR count). The number of hydrazone groups is 1. The van der Waals surface area contributed by atoms with Crippen molar-refractivity contribution in [2.24, 2.45) is 5.10 Å². The number of carbonyl (C=O) groups is 1. The van der Waals surface area contributed by atoms with Crippen molar-refractivity contribution in [1.29, 1.82) is 0 Å². The average Bonchev–Trinajstić information content (AvgIpc) is 3.13. The van der Waals surface area contributed by atoms with Gasteiger partial charge in [0.25, 0.3) is 0 Å². The first-order valence-corrected chi connectivity index (χ1v) is 10.8. The third kappa shape index (κ3) is 4.99. The van der Waals surface area contributed by atoms with Crippen LogP contribution in [0.3, 0.4) is 0 Å². The molecule has 9 heteroatoms. The number of halogens is 5. The molecule has 0 saturated carbocycles. The van der Waals surface area contributed by atoms with Crippen LogP contribution in [-0.2, 0) is 6.18 Å². The minimum atomic E-state index is -4.50. The number of carbonyl (C=O) groups excluding carboxylic acids is 1. The lowest BCUT2D eigenvalue weighted by Gasteiger charge is -2.24. The third-order valence-corrected chi connectivity index (χ3v) is 5.90. The van der Waals surface area contributed by atoms with Crippen molar-refractivity contribution < 1.29 is 18.0 Å². The molecule has 170 valence electrons. The van der Waals surface area contributed by atoms with E-state index in [4.69, 9.17) is 23.2 Å². The topological polar surface area (TPSA) is 44.7 Å². The van der Waals surface area contributed by atoms with Crippen molar-refractivity contribution in [3.05, 3.63) is 99.5 Å². The molecule has 0 radical (unpaired) electrons. The first-order valence-electron chi connectivity index (χ1n) is 10.0. The highest BCUT2D eigenvalue weighted by molar-refractivity contribution is 6.30. The molecule has 0 unspecified atom stereocenters. The summed E-state index contributed by atoms with van der Waals surface area (Å²) in [4.78, 5) is 13.0. The first kappa shape index (κ1) is 23.1. The second kappa shape index (κ2) is 9.08. The van der Waals surface area contributed by atoms with Gasteiger partial charge in [0.1, 0.15) is 0 Å². The van der Waals surface area contributed by atoms with Gasteiger partial charge in [-0.2, -0.15) is 18.3 Å². The lowest BCUT2D eigenvalue weighted by atomic mass is 9.85. The predicted octanol–water partition coefficient (Wildman–Crippen LogP) is 7.44. The molecule has 0 saturated heterocycles. The Balaban J connectivity index is 1.73. The second-order valence-electron chi connectivity index (χ2n) is 7.62. The highest BCUT2D eigenvalue weighted by Crippen LogP contribution is 2.37. The minimum Gasteiger partial charge on any atom is -0.306 e. The number of anilines is 1. The van der Waals surface area contributed by atoms with Crippen LogP contribution in [0.1, 0.15) is 29.5 Å². The lowest BCUT2D eigenvalue weighted by Crippen LogP contribution is -2.37. The molecule has 2 amide bonds. The van der Waals surface area contributed by atoms with Crippen molar-refractivity contribution in [3.8, 4) is 0 Å². The van der Waals surface area contributed by atoms with E-state index in [0.717, 1.165) is 17.7 Å². The van der Waals surface area contributed by atoms with E-state index in [1.54, 1.807) is 61.5 Å². The molecule has 1 heterocycles. The fourth-order valence-corrected chi connectivity index (χ4v) is 4.03. The zero-order valence-corrected chi connectivity index (χ0v) is 18.8. The summed E-state index contributed by atoms with van der Waals surface area (Å²) in [5.41, 5.74) is 1.17. The molecule has 3 aromatic rings. The molecule has 1 aliphatic rings. The molecule has 33 heavy (non-hydrogen) atoms. The largest absolute Gasteiger partial charge is 0.416 e. The van der Waals surface area contributed by atoms with E-state index in [1.165, 1.54) is 11.1 Å². The van der Waals surface area contributed by atoms with Gasteiger partial charge in [-0.15, -0.1) is 0 Å². The summed E-state index contributed by atoms with van der Waals surface area (Å²) in [7, 11) is 0. The number of nitrogens with zero attached hydrogens (tertiary/aromatic N) is 2. The number of urea groups is 1. The van der Waals surface area contributed by atoms with Crippen molar-refractivity contribution in [3.63, 3.8) is 0 Å². The molecule has 1 aliphatic heterocycles. The molecule has 0 aromatic heterocycles. The van der Waals surface area contributed by atoms with Crippen molar-refractivity contribution >= 4 is 40.6 Å². The Morgan fingerprint density at radius 3 is 2.18 bits per heavy atom. The Labute approximate surface area is 198 Å². The molecule has 0 fully saturated rings. The zero-order valence-electron chi connectivity index (χ0n) is 17.3. The maximum Gasteiger partial charge on any atom is 0.416 e. The van der Waals surface area contributed by atoms with E-state index in [2.05, 4.69) is 10.4 Å². The molecule has 0 aliphatic carbocycles. The van der Waals surface area contributed by atoms with Crippen LogP contribution in [0, 0.1) is 0 Å². The predicted molar refractivity (Wildman–Crippen MR) is 124 cm³/mol. The number of hydrogen-bond acceptors (Lipinski definition) is 2. The zero-order chi connectivity index (χ0) is 23.8. The molecule has 4 nitrogen and oxygen atoms in total. The number of alkyl halides is 3. The minimum absolute atomic E-state index is 0.290. The Kier molecular flexibility index (Phi) is 6.36. The molecular weight excluding hydrogens is 474 g/mol. The SMILES string of the molecule is C[C@@H]1[C@@H](c2ccc(Cl)cc2)C(c2cccc(C(F)(F)F)c2)=NN1C(=O)Nc1ccc(Cl)cc1. The summed E-state index contributed by atoms with van der Waals surface area (Å²) in [6, 6.07) is 17.5. The van der Waals surface area contributed by atoms with Crippen LogP contribution in [0.2, 0.25) is 10.0 Å². The van der Waals surface area contributed by atoms with Gasteiger partial charge in [0.05, 0.1) is 23.2 Å². The van der Waals surface area contributed by atoms with Crippen LogP contribution >= 0.6 is 23.2 Å². The molecule has 3 aromatic carbocycles. The smallest absolute Gasteiger partial charge is 0.306 e. The van der Waals surface area contributed by atoms with E-state index in [0.29, 0.717) is 27.0 Å². The van der Waals surface area contributed by atoms with Crippen LogP contribution in [0.25, 0.3) is 0 Å². The molecular formula is C24H18Cl2F3N3O. The Bertz CT molecular complexity index is 1190. The standard InChI is InChI=1S/C24H18Cl2F3N3O/c1-14-21(15-5-7-18(25)8-6-15)22(16-3-2-4-17(13-16)24(27,28)29)31-32(14)23(33)30-20-11-9-19(26)10-12-20/h2-14,21H,1H3,(H,30,33)/t14-,21+/m1/s1. The van der Waals surface area contributed by atoms with Crippen LogP contribution in [0.5, 0.6) is 0 Å². The maximum absolute atomic E-state index is 13.3. The van der Waals surface area contributed by atoms with Crippen LogP contribution in [0.4, 0.5) is 23.7 Å². The summed E-state index contributed by atoms with van der Waals surface area (Å²) >= 11 is 11.9. The quantitative estimate of drug-likeness (QED) is 0.406. The van der Waals surface area contributed by atoms with E-state index < -0.39 is 29.7 Å². The van der Waals surface area contributed by atoms with Gasteiger partial charge in [0, 0.05) is 15.7 Å². The molecule has 0 spiro atoms. The van der Waals surface area contributed by atoms with E-state index in [1.807, 2.05) is 0 Å². The molecule has 1 N–H and O–H groups in total. The van der Waals surface area contributed by atoms with Crippen LogP contribution in [-0.4, -0.2) is 22.8 Å². The molecule has 2 atom stereocenters. The number of rotatable bonds is 3. The Hall–Kier alpha value is -3.03. The fraction of sp³-hybridized carbons (Fsp3) is 0.167. The Morgan fingerprint density at radius 2 is 1.58 bits per heavy atom. The number of nitrogens with one attached hydrogen (secondary N) is 1. The van der Waals surface area contributed by atoms with Gasteiger partial charge in [-0.25, -0.2) is 9.80 Å². The summed E-state index contributed by atoms with van der Waals surface area (Å²) in [6.07, 6.45) is -4.50. The highest BCUT2D eigenvalue weighted by Gasteiger charge is 2.40. The summed E-state index contributed by atoms with van der Waals surface area (Å²) in [5.74, 6) is -0.457. The normalized spacial score (nSPS) is 18.2. The van der Waals surface area contributed by atoms with Gasteiger partial charge in [-0.05, 0) is 66.6 Å². The lowest BCUT2D eigenvalue weighted by molar-refractivity contribution is -0.137. The summed E-state index contributed by atoms with van der Waals surface area (Å²) in [5, 5.41) is 9.52. The molecule has 0 bridgehead atoms. The fourth-order valence-electron chi connectivity index (χ4n) is 3.78. The number of amides is 2. The van der Waals surface area contributed by atoms with Gasteiger partial charge in [-0.1, -0.05) is 47.5 Å². The monoisotopic (exact) mass is 491 g/mol. The average molecular weight is 492 g/mol. The van der Waals surface area contributed by atoms with Crippen molar-refractivity contribution in [1.82, 2.24) is 5.01 Å². The summed E-state index contributed by atoms with van der Waals surface area (Å²) in [6.45, 7) is 1.80. The van der Waals surface area contributed by atoms with E-state index >= 15 is 0 Å². The maximum atomic E-state index is 13.3. The summed E-state index contributed by atoms with van der Waals surface area (Å²) < 4.78 is 40.0. The number of benzene rings is 3. The van der Waals surface area contributed by atoms with Crippen LogP contribution in [0.15, 0.2) is 77.9 Å².